The van der Waals surface area contributed by atoms with Crippen LogP contribution in [0.2, 0.25) is 0 Å². The summed E-state index contributed by atoms with van der Waals surface area (Å²) in [5.74, 6) is 1.68. The smallest absolute Gasteiger partial charge is 0.0325 e. The van der Waals surface area contributed by atoms with Gasteiger partial charge in [0, 0.05) is 0 Å². The van der Waals surface area contributed by atoms with E-state index >= 15 is 0 Å². The number of allylic oxidation sites excluding steroid dienone is 3. The largest absolute Gasteiger partial charge is 0.103 e. The lowest BCUT2D eigenvalue weighted by Gasteiger charge is -2.01. The molecule has 0 unspecified atom stereocenters. The van der Waals surface area contributed by atoms with Gasteiger partial charge < -0.3 is 0 Å². The van der Waals surface area contributed by atoms with Gasteiger partial charge in [-0.1, -0.05) is 58.3 Å². The normalized spacial score (nSPS) is 9.88. The molecule has 0 aromatic rings. The summed E-state index contributed by atoms with van der Waals surface area (Å²) in [6, 6.07) is 0. The fourth-order valence-electron chi connectivity index (χ4n) is 1.31. The van der Waals surface area contributed by atoms with E-state index in [1.54, 1.807) is 0 Å². The van der Waals surface area contributed by atoms with Crippen LogP contribution in [0.3, 0.4) is 0 Å². The Morgan fingerprint density at radius 2 is 1.59 bits per heavy atom. The minimum Gasteiger partial charge on any atom is -0.103 e. The molecule has 0 atom stereocenters. The standard InChI is InChI=1S/C9H18.C8H16/c1-4-5-6-7-8-9(2)3;1-7(2)5-6-8(3)4/h4,9H,1,5-8H2,2-3H3;5,8H,6H2,1-4H3. The summed E-state index contributed by atoms with van der Waals surface area (Å²) in [5, 5.41) is 0. The highest BCUT2D eigenvalue weighted by molar-refractivity contribution is 4.92. The van der Waals surface area contributed by atoms with Crippen molar-refractivity contribution >= 4 is 0 Å². The topological polar surface area (TPSA) is 0 Å². The summed E-state index contributed by atoms with van der Waals surface area (Å²) in [4.78, 5) is 0. The Bertz CT molecular complexity index is 180. The van der Waals surface area contributed by atoms with Crippen LogP contribution in [0.5, 0.6) is 0 Å². The summed E-state index contributed by atoms with van der Waals surface area (Å²) >= 11 is 0. The summed E-state index contributed by atoms with van der Waals surface area (Å²) in [5.41, 5.74) is 1.43. The predicted octanol–water partition coefficient (Wildman–Crippen LogP) is 6.39. The van der Waals surface area contributed by atoms with Gasteiger partial charge in [-0.05, 0) is 44.9 Å². The van der Waals surface area contributed by atoms with Gasteiger partial charge in [-0.2, -0.15) is 0 Å². The van der Waals surface area contributed by atoms with E-state index in [1.807, 2.05) is 6.08 Å². The first kappa shape index (κ1) is 18.8. The maximum atomic E-state index is 3.68. The Labute approximate surface area is 110 Å². The SMILES string of the molecule is C=CCCCCC(C)C.CC(C)=CCC(C)C. The molecule has 0 heterocycles. The molecule has 0 saturated carbocycles. The van der Waals surface area contributed by atoms with Gasteiger partial charge in [0.2, 0.25) is 0 Å². The molecule has 0 spiro atoms. The van der Waals surface area contributed by atoms with Crippen LogP contribution in [0.4, 0.5) is 0 Å². The molecule has 0 aliphatic rings. The van der Waals surface area contributed by atoms with Gasteiger partial charge in [-0.15, -0.1) is 6.58 Å². The van der Waals surface area contributed by atoms with Crippen molar-refractivity contribution in [2.75, 3.05) is 0 Å². The molecule has 0 rings (SSSR count). The van der Waals surface area contributed by atoms with Gasteiger partial charge in [0.25, 0.3) is 0 Å². The second-order valence-corrected chi connectivity index (χ2v) is 5.88. The number of hydrogen-bond acceptors (Lipinski definition) is 0. The Morgan fingerprint density at radius 3 is 1.88 bits per heavy atom. The highest BCUT2D eigenvalue weighted by Crippen LogP contribution is 2.07. The molecule has 0 bridgehead atoms. The maximum Gasteiger partial charge on any atom is -0.0325 e. The third-order valence-corrected chi connectivity index (χ3v) is 2.44. The van der Waals surface area contributed by atoms with E-state index in [1.165, 1.54) is 37.7 Å². The Morgan fingerprint density at radius 1 is 1.00 bits per heavy atom. The van der Waals surface area contributed by atoms with E-state index in [0.29, 0.717) is 0 Å². The van der Waals surface area contributed by atoms with E-state index < -0.39 is 0 Å². The fourth-order valence-corrected chi connectivity index (χ4v) is 1.31. The van der Waals surface area contributed by atoms with E-state index in [9.17, 15) is 0 Å². The average molecular weight is 238 g/mol. The van der Waals surface area contributed by atoms with Gasteiger partial charge in [-0.3, -0.25) is 0 Å². The molecule has 0 nitrogen and oxygen atoms in total. The van der Waals surface area contributed by atoms with Crippen molar-refractivity contribution in [2.24, 2.45) is 11.8 Å². The van der Waals surface area contributed by atoms with Crippen LogP contribution in [0.25, 0.3) is 0 Å². The zero-order chi connectivity index (χ0) is 13.7. The zero-order valence-electron chi connectivity index (χ0n) is 13.1. The maximum absolute atomic E-state index is 3.68. The van der Waals surface area contributed by atoms with Crippen LogP contribution >= 0.6 is 0 Å². The molecular formula is C17H34. The van der Waals surface area contributed by atoms with Gasteiger partial charge in [-0.25, -0.2) is 0 Å². The van der Waals surface area contributed by atoms with Crippen molar-refractivity contribution in [3.63, 3.8) is 0 Å². The van der Waals surface area contributed by atoms with Crippen LogP contribution in [0, 0.1) is 11.8 Å². The second-order valence-electron chi connectivity index (χ2n) is 5.88. The average Bonchev–Trinajstić information content (AvgIpc) is 2.22. The molecule has 0 aromatic carbocycles. The van der Waals surface area contributed by atoms with Crippen molar-refractivity contribution in [1.82, 2.24) is 0 Å². The van der Waals surface area contributed by atoms with Crippen molar-refractivity contribution in [3.8, 4) is 0 Å². The van der Waals surface area contributed by atoms with Crippen LogP contribution in [-0.2, 0) is 0 Å². The molecule has 0 heteroatoms. The van der Waals surface area contributed by atoms with E-state index in [0.717, 1.165) is 11.8 Å². The van der Waals surface area contributed by atoms with Crippen molar-refractivity contribution < 1.29 is 0 Å². The lowest BCUT2D eigenvalue weighted by molar-refractivity contribution is 0.540. The van der Waals surface area contributed by atoms with Crippen molar-refractivity contribution in [2.45, 2.75) is 73.6 Å². The highest BCUT2D eigenvalue weighted by Gasteiger charge is 1.91. The van der Waals surface area contributed by atoms with E-state index in [4.69, 9.17) is 0 Å². The third-order valence-electron chi connectivity index (χ3n) is 2.44. The molecular weight excluding hydrogens is 204 g/mol. The lowest BCUT2D eigenvalue weighted by Crippen LogP contribution is -1.85. The van der Waals surface area contributed by atoms with Gasteiger partial charge >= 0.3 is 0 Å². The summed E-state index contributed by atoms with van der Waals surface area (Å²) < 4.78 is 0. The molecule has 0 N–H and O–H groups in total. The van der Waals surface area contributed by atoms with Gasteiger partial charge in [0.05, 0.1) is 0 Å². The molecule has 0 aliphatic carbocycles. The molecule has 0 amide bonds. The van der Waals surface area contributed by atoms with Crippen LogP contribution in [0.15, 0.2) is 24.3 Å². The first-order chi connectivity index (χ1) is 7.90. The number of rotatable bonds is 7. The quantitative estimate of drug-likeness (QED) is 0.356. The summed E-state index contributed by atoms with van der Waals surface area (Å²) in [6.45, 7) is 17.0. The zero-order valence-corrected chi connectivity index (χ0v) is 13.1. The second kappa shape index (κ2) is 13.5. The minimum absolute atomic E-state index is 0.810. The van der Waals surface area contributed by atoms with Crippen LogP contribution in [-0.4, -0.2) is 0 Å². The molecule has 0 aromatic heterocycles. The van der Waals surface area contributed by atoms with Crippen molar-refractivity contribution in [1.29, 1.82) is 0 Å². The summed E-state index contributed by atoms with van der Waals surface area (Å²) in [7, 11) is 0. The summed E-state index contributed by atoms with van der Waals surface area (Å²) in [6.07, 6.45) is 10.7. The van der Waals surface area contributed by atoms with Crippen molar-refractivity contribution in [3.05, 3.63) is 24.3 Å². The Kier molecular flexibility index (Phi) is 15.0. The van der Waals surface area contributed by atoms with Crippen LogP contribution in [0.1, 0.15) is 73.6 Å². The highest BCUT2D eigenvalue weighted by atomic mass is 14.0. The molecule has 0 fully saturated rings. The number of hydrogen-bond donors (Lipinski definition) is 0. The first-order valence-electron chi connectivity index (χ1n) is 7.14. The lowest BCUT2D eigenvalue weighted by atomic mass is 10.1. The first-order valence-corrected chi connectivity index (χ1v) is 7.14. The molecule has 0 radical (unpaired) electrons. The Balaban J connectivity index is 0. The predicted molar refractivity (Wildman–Crippen MR) is 82.4 cm³/mol. The van der Waals surface area contributed by atoms with Crippen LogP contribution < -0.4 is 0 Å². The van der Waals surface area contributed by atoms with Gasteiger partial charge in [0.15, 0.2) is 0 Å². The minimum atomic E-state index is 0.810. The fraction of sp³-hybridized carbons (Fsp3) is 0.765. The molecule has 17 heavy (non-hydrogen) atoms. The number of unbranched alkanes of at least 4 members (excludes halogenated alkanes) is 2. The molecule has 0 aliphatic heterocycles. The van der Waals surface area contributed by atoms with Gasteiger partial charge in [0.1, 0.15) is 0 Å². The van der Waals surface area contributed by atoms with E-state index in [2.05, 4.69) is 54.2 Å². The monoisotopic (exact) mass is 238 g/mol. The molecule has 102 valence electrons. The molecule has 0 saturated heterocycles. The third kappa shape index (κ3) is 25.6. The Hall–Kier alpha value is -0.520. The van der Waals surface area contributed by atoms with E-state index in [-0.39, 0.29) is 0 Å².